The number of ether oxygens (including phenoxy) is 1. The van der Waals surface area contributed by atoms with E-state index in [0.717, 1.165) is 22.3 Å². The Labute approximate surface area is 70.4 Å². The van der Waals surface area contributed by atoms with Crippen LogP contribution in [0.25, 0.3) is 10.9 Å². The van der Waals surface area contributed by atoms with Crippen LogP contribution in [-0.4, -0.2) is 17.3 Å². The van der Waals surface area contributed by atoms with Gasteiger partial charge in [0.15, 0.2) is 0 Å². The van der Waals surface area contributed by atoms with Gasteiger partial charge in [-0.1, -0.05) is 0 Å². The molecule has 12 heavy (non-hydrogen) atoms. The van der Waals surface area contributed by atoms with Gasteiger partial charge in [0.25, 0.3) is 0 Å². The van der Waals surface area contributed by atoms with Gasteiger partial charge < -0.3 is 4.74 Å². The van der Waals surface area contributed by atoms with Crippen LogP contribution < -0.4 is 4.74 Å². The van der Waals surface area contributed by atoms with Crippen LogP contribution in [0.15, 0.2) is 18.2 Å². The van der Waals surface area contributed by atoms with Gasteiger partial charge in [-0.3, -0.25) is 5.10 Å². The number of methoxy groups -OCH3 is 1. The summed E-state index contributed by atoms with van der Waals surface area (Å²) in [5.74, 6) is 0.828. The highest BCUT2D eigenvalue weighted by molar-refractivity contribution is 5.83. The van der Waals surface area contributed by atoms with E-state index in [1.54, 1.807) is 7.11 Å². The molecule has 0 aliphatic heterocycles. The van der Waals surface area contributed by atoms with Gasteiger partial charge in [-0.05, 0) is 25.1 Å². The average Bonchev–Trinajstić information content (AvgIpc) is 2.47. The first-order valence-corrected chi connectivity index (χ1v) is 3.65. The number of hydrogen-bond acceptors (Lipinski definition) is 2. The van der Waals surface area contributed by atoms with Crippen molar-refractivity contribution in [3.63, 3.8) is 0 Å². The fraction of sp³-hybridized carbons (Fsp3) is 0.111. The number of rotatable bonds is 1. The predicted octanol–water partition coefficient (Wildman–Crippen LogP) is 1.75. The van der Waals surface area contributed by atoms with Crippen LogP contribution in [0.4, 0.5) is 0 Å². The fourth-order valence-electron chi connectivity index (χ4n) is 1.17. The molecule has 0 saturated heterocycles. The van der Waals surface area contributed by atoms with Gasteiger partial charge in [0, 0.05) is 5.39 Å². The van der Waals surface area contributed by atoms with Gasteiger partial charge in [-0.25, -0.2) is 0 Å². The number of aromatic nitrogens is 2. The number of aromatic amines is 1. The van der Waals surface area contributed by atoms with E-state index in [1.807, 2.05) is 18.2 Å². The lowest BCUT2D eigenvalue weighted by atomic mass is 10.2. The van der Waals surface area contributed by atoms with Crippen molar-refractivity contribution < 1.29 is 4.74 Å². The molecular weight excluding hydrogens is 152 g/mol. The highest BCUT2D eigenvalue weighted by Crippen LogP contribution is 2.20. The van der Waals surface area contributed by atoms with Crippen molar-refractivity contribution in [1.29, 1.82) is 0 Å². The van der Waals surface area contributed by atoms with E-state index < -0.39 is 0 Å². The van der Waals surface area contributed by atoms with Crippen LogP contribution in [0.3, 0.4) is 0 Å². The molecule has 0 fully saturated rings. The maximum atomic E-state index is 5.08. The molecule has 2 rings (SSSR count). The molecule has 1 N–H and O–H groups in total. The van der Waals surface area contributed by atoms with Crippen LogP contribution in [0.2, 0.25) is 0 Å². The van der Waals surface area contributed by atoms with Gasteiger partial charge in [0.2, 0.25) is 0 Å². The SMILES string of the molecule is [CH2]c1n[nH]c2ccc(OC)cc12. The minimum atomic E-state index is 0.754. The maximum Gasteiger partial charge on any atom is 0.119 e. The molecule has 1 aromatic carbocycles. The lowest BCUT2D eigenvalue weighted by Gasteiger charge is -1.97. The topological polar surface area (TPSA) is 37.9 Å². The summed E-state index contributed by atoms with van der Waals surface area (Å²) in [6, 6.07) is 5.73. The van der Waals surface area contributed by atoms with Crippen LogP contribution in [0.1, 0.15) is 5.69 Å². The van der Waals surface area contributed by atoms with Crippen molar-refractivity contribution in [2.45, 2.75) is 0 Å². The molecule has 1 radical (unpaired) electrons. The third kappa shape index (κ3) is 0.942. The van der Waals surface area contributed by atoms with E-state index in [9.17, 15) is 0 Å². The Kier molecular flexibility index (Phi) is 1.50. The Morgan fingerprint density at radius 1 is 1.50 bits per heavy atom. The Morgan fingerprint density at radius 3 is 3.08 bits per heavy atom. The number of benzene rings is 1. The minimum Gasteiger partial charge on any atom is -0.497 e. The Bertz CT molecular complexity index is 406. The zero-order chi connectivity index (χ0) is 8.55. The first-order valence-electron chi connectivity index (χ1n) is 3.65. The highest BCUT2D eigenvalue weighted by atomic mass is 16.5. The van der Waals surface area contributed by atoms with Crippen molar-refractivity contribution in [1.82, 2.24) is 10.2 Å². The second-order valence-electron chi connectivity index (χ2n) is 2.58. The molecule has 0 saturated carbocycles. The van der Waals surface area contributed by atoms with Crippen molar-refractivity contribution in [2.24, 2.45) is 0 Å². The molecule has 0 spiro atoms. The van der Waals surface area contributed by atoms with Crippen molar-refractivity contribution >= 4 is 10.9 Å². The smallest absolute Gasteiger partial charge is 0.119 e. The summed E-state index contributed by atoms with van der Waals surface area (Å²) < 4.78 is 5.08. The molecule has 0 unspecified atom stereocenters. The molecule has 1 heterocycles. The molecule has 0 aliphatic rings. The van der Waals surface area contributed by atoms with E-state index in [1.165, 1.54) is 0 Å². The summed E-state index contributed by atoms with van der Waals surface area (Å²) in [7, 11) is 1.64. The average molecular weight is 161 g/mol. The second kappa shape index (κ2) is 2.52. The molecule has 61 valence electrons. The molecule has 0 bridgehead atoms. The van der Waals surface area contributed by atoms with Crippen LogP contribution in [0, 0.1) is 6.92 Å². The van der Waals surface area contributed by atoms with Gasteiger partial charge in [-0.2, -0.15) is 5.10 Å². The minimum absolute atomic E-state index is 0.754. The standard InChI is InChI=1S/C9H9N2O/c1-6-8-5-7(12-2)3-4-9(8)11-10-6/h3-5H,1H2,2H3,(H,10,11). The summed E-state index contributed by atoms with van der Waals surface area (Å²) in [6.45, 7) is 3.79. The van der Waals surface area contributed by atoms with Gasteiger partial charge in [0.05, 0.1) is 18.3 Å². The second-order valence-corrected chi connectivity index (χ2v) is 2.58. The Morgan fingerprint density at radius 2 is 2.33 bits per heavy atom. The zero-order valence-electron chi connectivity index (χ0n) is 6.79. The zero-order valence-corrected chi connectivity index (χ0v) is 6.79. The third-order valence-corrected chi connectivity index (χ3v) is 1.85. The molecular formula is C9H9N2O. The maximum absolute atomic E-state index is 5.08. The molecule has 0 aliphatic carbocycles. The van der Waals surface area contributed by atoms with Gasteiger partial charge in [0.1, 0.15) is 5.75 Å². The summed E-state index contributed by atoms with van der Waals surface area (Å²) in [5, 5.41) is 7.86. The van der Waals surface area contributed by atoms with Crippen molar-refractivity contribution in [3.05, 3.63) is 30.8 Å². The van der Waals surface area contributed by atoms with E-state index in [-0.39, 0.29) is 0 Å². The number of nitrogens with one attached hydrogen (secondary N) is 1. The van der Waals surface area contributed by atoms with Crippen LogP contribution >= 0.6 is 0 Å². The first kappa shape index (κ1) is 7.16. The Balaban J connectivity index is 2.71. The number of fused-ring (bicyclic) bond motifs is 1. The molecule has 3 nitrogen and oxygen atoms in total. The van der Waals surface area contributed by atoms with E-state index in [2.05, 4.69) is 17.1 Å². The molecule has 2 aromatic rings. The lowest BCUT2D eigenvalue weighted by Crippen LogP contribution is -1.81. The summed E-state index contributed by atoms with van der Waals surface area (Å²) in [4.78, 5) is 0. The number of H-pyrrole nitrogens is 1. The fourth-order valence-corrected chi connectivity index (χ4v) is 1.17. The molecule has 0 atom stereocenters. The predicted molar refractivity (Wildman–Crippen MR) is 47.1 cm³/mol. The van der Waals surface area contributed by atoms with Gasteiger partial charge >= 0.3 is 0 Å². The third-order valence-electron chi connectivity index (χ3n) is 1.85. The van der Waals surface area contributed by atoms with Crippen LogP contribution in [0.5, 0.6) is 5.75 Å². The van der Waals surface area contributed by atoms with E-state index >= 15 is 0 Å². The number of nitrogens with zero attached hydrogens (tertiary/aromatic N) is 1. The molecule has 1 aromatic heterocycles. The first-order chi connectivity index (χ1) is 5.81. The molecule has 3 heteroatoms. The van der Waals surface area contributed by atoms with E-state index in [4.69, 9.17) is 4.74 Å². The summed E-state index contributed by atoms with van der Waals surface area (Å²) >= 11 is 0. The van der Waals surface area contributed by atoms with Crippen molar-refractivity contribution in [2.75, 3.05) is 7.11 Å². The highest BCUT2D eigenvalue weighted by Gasteiger charge is 2.01. The van der Waals surface area contributed by atoms with Crippen molar-refractivity contribution in [3.8, 4) is 5.75 Å². The monoisotopic (exact) mass is 161 g/mol. The van der Waals surface area contributed by atoms with Gasteiger partial charge in [-0.15, -0.1) is 0 Å². The summed E-state index contributed by atoms with van der Waals surface area (Å²) in [6.07, 6.45) is 0. The molecule has 0 amide bonds. The quantitative estimate of drug-likeness (QED) is 0.692. The lowest BCUT2D eigenvalue weighted by molar-refractivity contribution is 0.415. The summed E-state index contributed by atoms with van der Waals surface area (Å²) in [5.41, 5.74) is 1.74. The number of hydrogen-bond donors (Lipinski definition) is 1. The van der Waals surface area contributed by atoms with E-state index in [0.29, 0.717) is 0 Å². The Hall–Kier alpha value is -1.51. The normalized spacial score (nSPS) is 10.5. The largest absolute Gasteiger partial charge is 0.497 e. The van der Waals surface area contributed by atoms with Crippen LogP contribution in [-0.2, 0) is 0 Å².